The number of carbonyl (C=O) groups excluding carboxylic acids is 1. The Labute approximate surface area is 191 Å². The molecule has 0 aliphatic heterocycles. The topological polar surface area (TPSA) is 66.5 Å². The summed E-state index contributed by atoms with van der Waals surface area (Å²) in [5.74, 6) is -0.339. The summed E-state index contributed by atoms with van der Waals surface area (Å²) in [6.07, 6.45) is 1.48. The summed E-state index contributed by atoms with van der Waals surface area (Å²) in [6.45, 7) is 5.73. The molecule has 0 radical (unpaired) electrons. The fourth-order valence-corrected chi connectivity index (χ4v) is 5.02. The van der Waals surface area contributed by atoms with Crippen LogP contribution in [0.25, 0.3) is 0 Å². The molecule has 0 saturated heterocycles. The SMILES string of the molecule is CC[C@@H](C(=O)NC(c1ccccc1)c1ccccc1)N(c1ccc(C)c(C)c1)S(C)(=O)=O. The third kappa shape index (κ3) is 5.37. The van der Waals surface area contributed by atoms with E-state index in [1.165, 1.54) is 4.31 Å². The number of benzene rings is 3. The maximum Gasteiger partial charge on any atom is 0.244 e. The van der Waals surface area contributed by atoms with Gasteiger partial charge in [0.25, 0.3) is 0 Å². The van der Waals surface area contributed by atoms with E-state index < -0.39 is 16.1 Å². The van der Waals surface area contributed by atoms with Gasteiger partial charge >= 0.3 is 0 Å². The molecule has 1 N–H and O–H groups in total. The van der Waals surface area contributed by atoms with Crippen LogP contribution in [0.4, 0.5) is 5.69 Å². The van der Waals surface area contributed by atoms with Gasteiger partial charge in [0.15, 0.2) is 0 Å². The summed E-state index contributed by atoms with van der Waals surface area (Å²) in [5.41, 5.74) is 4.39. The highest BCUT2D eigenvalue weighted by atomic mass is 32.2. The van der Waals surface area contributed by atoms with Gasteiger partial charge < -0.3 is 5.32 Å². The number of rotatable bonds is 8. The van der Waals surface area contributed by atoms with Gasteiger partial charge in [0.05, 0.1) is 18.0 Å². The zero-order valence-corrected chi connectivity index (χ0v) is 19.8. The summed E-state index contributed by atoms with van der Waals surface area (Å²) in [5, 5.41) is 3.10. The van der Waals surface area contributed by atoms with Crippen molar-refractivity contribution in [1.82, 2.24) is 5.32 Å². The van der Waals surface area contributed by atoms with Crippen molar-refractivity contribution in [2.24, 2.45) is 0 Å². The lowest BCUT2D eigenvalue weighted by Crippen LogP contribution is -2.50. The minimum atomic E-state index is -3.70. The van der Waals surface area contributed by atoms with Crippen molar-refractivity contribution in [3.05, 3.63) is 101 Å². The Hall–Kier alpha value is -3.12. The molecule has 0 aliphatic carbocycles. The number of nitrogens with zero attached hydrogens (tertiary/aromatic N) is 1. The fourth-order valence-electron chi connectivity index (χ4n) is 3.81. The van der Waals surface area contributed by atoms with Crippen LogP contribution < -0.4 is 9.62 Å². The van der Waals surface area contributed by atoms with Gasteiger partial charge in [-0.15, -0.1) is 0 Å². The van der Waals surface area contributed by atoms with E-state index in [1.54, 1.807) is 6.07 Å². The highest BCUT2D eigenvalue weighted by Gasteiger charge is 2.33. The van der Waals surface area contributed by atoms with Gasteiger partial charge in [0.1, 0.15) is 6.04 Å². The van der Waals surface area contributed by atoms with Gasteiger partial charge in [0, 0.05) is 0 Å². The number of hydrogen-bond acceptors (Lipinski definition) is 3. The molecule has 3 aromatic carbocycles. The van der Waals surface area contributed by atoms with E-state index in [9.17, 15) is 13.2 Å². The quantitative estimate of drug-likeness (QED) is 0.538. The van der Waals surface area contributed by atoms with Crippen molar-refractivity contribution < 1.29 is 13.2 Å². The molecule has 3 rings (SSSR count). The average Bonchev–Trinajstić information content (AvgIpc) is 2.78. The molecule has 0 bridgehead atoms. The van der Waals surface area contributed by atoms with Crippen molar-refractivity contribution in [2.75, 3.05) is 10.6 Å². The molecular weight excluding hydrogens is 420 g/mol. The Balaban J connectivity index is 2.00. The molecular formula is C26H30N2O3S. The second kappa shape index (κ2) is 10.0. The predicted molar refractivity (Wildman–Crippen MR) is 130 cm³/mol. The standard InChI is InChI=1S/C26H30N2O3S/c1-5-24(28(32(4,30)31)23-17-16-19(2)20(3)18-23)26(29)27-25(21-12-8-6-9-13-21)22-14-10-7-11-15-22/h6-18,24-25H,5H2,1-4H3,(H,27,29)/t24-/m0/s1. The molecule has 1 atom stereocenters. The fraction of sp³-hybridized carbons (Fsp3) is 0.269. The highest BCUT2D eigenvalue weighted by molar-refractivity contribution is 7.92. The summed E-state index contributed by atoms with van der Waals surface area (Å²) in [7, 11) is -3.70. The first-order valence-electron chi connectivity index (χ1n) is 10.7. The van der Waals surface area contributed by atoms with Crippen LogP contribution in [0.15, 0.2) is 78.9 Å². The molecule has 168 valence electrons. The number of hydrogen-bond donors (Lipinski definition) is 1. The van der Waals surface area contributed by atoms with E-state index in [4.69, 9.17) is 0 Å². The van der Waals surface area contributed by atoms with Gasteiger partial charge in [0.2, 0.25) is 15.9 Å². The van der Waals surface area contributed by atoms with E-state index in [2.05, 4.69) is 5.32 Å². The minimum absolute atomic E-state index is 0.335. The first-order chi connectivity index (χ1) is 15.2. The Kier molecular flexibility index (Phi) is 7.36. The molecule has 0 aliphatic rings. The van der Waals surface area contributed by atoms with E-state index in [-0.39, 0.29) is 11.9 Å². The van der Waals surface area contributed by atoms with Gasteiger partial charge in [-0.1, -0.05) is 73.7 Å². The smallest absolute Gasteiger partial charge is 0.244 e. The largest absolute Gasteiger partial charge is 0.343 e. The van der Waals surface area contributed by atoms with Crippen molar-refractivity contribution >= 4 is 21.6 Å². The molecule has 0 spiro atoms. The first-order valence-corrected chi connectivity index (χ1v) is 12.5. The van der Waals surface area contributed by atoms with Gasteiger partial charge in [-0.3, -0.25) is 9.10 Å². The third-order valence-corrected chi connectivity index (χ3v) is 6.81. The number of carbonyl (C=O) groups is 1. The third-order valence-electron chi connectivity index (χ3n) is 5.63. The van der Waals surface area contributed by atoms with E-state index >= 15 is 0 Å². The molecule has 0 fully saturated rings. The van der Waals surface area contributed by atoms with Crippen molar-refractivity contribution in [1.29, 1.82) is 0 Å². The van der Waals surface area contributed by atoms with Gasteiger partial charge in [-0.05, 0) is 54.7 Å². The second-order valence-electron chi connectivity index (χ2n) is 8.01. The Bertz CT molecular complexity index is 1120. The predicted octanol–water partition coefficient (Wildman–Crippen LogP) is 4.75. The number of amides is 1. The molecule has 0 saturated carbocycles. The number of nitrogens with one attached hydrogen (secondary N) is 1. The lowest BCUT2D eigenvalue weighted by atomic mass is 9.98. The van der Waals surface area contributed by atoms with Crippen molar-refractivity contribution in [3.8, 4) is 0 Å². The van der Waals surface area contributed by atoms with Crippen molar-refractivity contribution in [2.45, 2.75) is 39.3 Å². The van der Waals surface area contributed by atoms with Crippen LogP contribution in [0.3, 0.4) is 0 Å². The van der Waals surface area contributed by atoms with Crippen LogP contribution in [-0.2, 0) is 14.8 Å². The molecule has 0 unspecified atom stereocenters. The molecule has 1 amide bonds. The highest BCUT2D eigenvalue weighted by Crippen LogP contribution is 2.27. The van der Waals surface area contributed by atoms with Crippen LogP contribution in [0.1, 0.15) is 41.6 Å². The summed E-state index contributed by atoms with van der Waals surface area (Å²) < 4.78 is 26.8. The maximum absolute atomic E-state index is 13.5. The van der Waals surface area contributed by atoms with E-state index in [0.717, 1.165) is 28.5 Å². The number of aryl methyl sites for hydroxylation is 2. The summed E-state index contributed by atoms with van der Waals surface area (Å²) in [6, 6.07) is 23.6. The second-order valence-corrected chi connectivity index (χ2v) is 9.87. The normalized spacial score (nSPS) is 12.4. The van der Waals surface area contributed by atoms with Crippen LogP contribution in [0.5, 0.6) is 0 Å². The Morgan fingerprint density at radius 2 is 1.41 bits per heavy atom. The van der Waals surface area contributed by atoms with Crippen LogP contribution in [0.2, 0.25) is 0 Å². The van der Waals surface area contributed by atoms with Crippen LogP contribution in [-0.4, -0.2) is 26.6 Å². The van der Waals surface area contributed by atoms with Crippen LogP contribution >= 0.6 is 0 Å². The molecule has 6 heteroatoms. The lowest BCUT2D eigenvalue weighted by Gasteiger charge is -2.32. The minimum Gasteiger partial charge on any atom is -0.343 e. The van der Waals surface area contributed by atoms with Crippen LogP contribution in [0, 0.1) is 13.8 Å². The Morgan fingerprint density at radius 1 is 0.875 bits per heavy atom. The molecule has 5 nitrogen and oxygen atoms in total. The average molecular weight is 451 g/mol. The zero-order chi connectivity index (χ0) is 23.3. The molecule has 0 heterocycles. The summed E-state index contributed by atoms with van der Waals surface area (Å²) >= 11 is 0. The van der Waals surface area contributed by atoms with Gasteiger partial charge in [-0.25, -0.2) is 8.42 Å². The number of anilines is 1. The monoisotopic (exact) mass is 450 g/mol. The molecule has 0 aromatic heterocycles. The van der Waals surface area contributed by atoms with Gasteiger partial charge in [-0.2, -0.15) is 0 Å². The van der Waals surface area contributed by atoms with E-state index in [0.29, 0.717) is 12.1 Å². The zero-order valence-electron chi connectivity index (χ0n) is 18.9. The van der Waals surface area contributed by atoms with Crippen molar-refractivity contribution in [3.63, 3.8) is 0 Å². The maximum atomic E-state index is 13.5. The molecule has 3 aromatic rings. The van der Waals surface area contributed by atoms with E-state index in [1.807, 2.05) is 93.6 Å². The Morgan fingerprint density at radius 3 is 1.84 bits per heavy atom. The lowest BCUT2D eigenvalue weighted by molar-refractivity contribution is -0.122. The summed E-state index contributed by atoms with van der Waals surface area (Å²) in [4.78, 5) is 13.5. The number of sulfonamides is 1. The first kappa shape index (κ1) is 23.5. The molecule has 32 heavy (non-hydrogen) atoms.